The van der Waals surface area contributed by atoms with Crippen molar-refractivity contribution < 1.29 is 19.0 Å². The molecule has 0 unspecified atom stereocenters. The van der Waals surface area contributed by atoms with Crippen molar-refractivity contribution in [3.63, 3.8) is 0 Å². The number of carbonyl (C=O) groups is 1. The normalized spacial score (nSPS) is 12.0. The third-order valence-electron chi connectivity index (χ3n) is 5.09. The lowest BCUT2D eigenvalue weighted by Gasteiger charge is -2.15. The van der Waals surface area contributed by atoms with Crippen LogP contribution in [0.5, 0.6) is 5.75 Å². The van der Waals surface area contributed by atoms with E-state index in [1.54, 1.807) is 6.92 Å². The standard InChI is InChI=1S/C29H30O4/c1-4-31-28(29(30)32-5-2)21-23-14-17-26(18-15-23)33-20-19-22(3)13-16-25-11-8-10-24-9-6-7-12-27(24)25/h6-12,14-15,17-19,28H,4-5,20-21H2,1-3H3/b22-19-/t28-/m0/s1. The summed E-state index contributed by atoms with van der Waals surface area (Å²) in [5.41, 5.74) is 2.96. The highest BCUT2D eigenvalue weighted by Crippen LogP contribution is 2.18. The minimum atomic E-state index is -0.590. The first-order chi connectivity index (χ1) is 16.1. The van der Waals surface area contributed by atoms with E-state index in [1.807, 2.05) is 68.5 Å². The van der Waals surface area contributed by atoms with E-state index in [0.717, 1.165) is 27.8 Å². The van der Waals surface area contributed by atoms with Crippen LogP contribution in [0.25, 0.3) is 10.8 Å². The highest BCUT2D eigenvalue weighted by molar-refractivity contribution is 5.88. The average Bonchev–Trinajstić information content (AvgIpc) is 2.83. The molecule has 3 aromatic rings. The summed E-state index contributed by atoms with van der Waals surface area (Å²) in [6.07, 6.45) is 1.85. The van der Waals surface area contributed by atoms with Gasteiger partial charge in [-0.15, -0.1) is 0 Å². The molecule has 0 heterocycles. The Kier molecular flexibility index (Phi) is 9.11. The van der Waals surface area contributed by atoms with Gasteiger partial charge in [0.2, 0.25) is 0 Å². The highest BCUT2D eigenvalue weighted by Gasteiger charge is 2.20. The lowest BCUT2D eigenvalue weighted by molar-refractivity contribution is -0.156. The summed E-state index contributed by atoms with van der Waals surface area (Å²) in [6, 6.07) is 22.1. The van der Waals surface area contributed by atoms with E-state index in [1.165, 1.54) is 5.39 Å². The van der Waals surface area contributed by atoms with E-state index in [2.05, 4.69) is 30.0 Å². The fraction of sp³-hybridized carbons (Fsp3) is 0.276. The number of hydrogen-bond acceptors (Lipinski definition) is 4. The van der Waals surface area contributed by atoms with Gasteiger partial charge < -0.3 is 14.2 Å². The number of benzene rings is 3. The van der Waals surface area contributed by atoms with Gasteiger partial charge in [-0.05, 0) is 67.0 Å². The van der Waals surface area contributed by atoms with Crippen LogP contribution in [-0.4, -0.2) is 31.9 Å². The first kappa shape index (κ1) is 24.1. The molecule has 170 valence electrons. The predicted molar refractivity (Wildman–Crippen MR) is 132 cm³/mol. The molecule has 0 aromatic heterocycles. The van der Waals surface area contributed by atoms with Crippen molar-refractivity contribution in [2.45, 2.75) is 33.3 Å². The molecule has 0 saturated heterocycles. The third kappa shape index (κ3) is 7.24. The fourth-order valence-corrected chi connectivity index (χ4v) is 3.40. The molecule has 0 bridgehead atoms. The van der Waals surface area contributed by atoms with E-state index in [0.29, 0.717) is 26.2 Å². The maximum absolute atomic E-state index is 12.0. The second-order valence-electron chi connectivity index (χ2n) is 7.52. The Balaban J connectivity index is 1.56. The molecular formula is C29H30O4. The van der Waals surface area contributed by atoms with Crippen LogP contribution in [0.4, 0.5) is 0 Å². The molecule has 1 atom stereocenters. The highest BCUT2D eigenvalue weighted by atomic mass is 16.6. The molecule has 3 rings (SSSR count). The van der Waals surface area contributed by atoms with Gasteiger partial charge in [-0.1, -0.05) is 60.4 Å². The Hall–Kier alpha value is -3.55. The van der Waals surface area contributed by atoms with Crippen molar-refractivity contribution in [1.82, 2.24) is 0 Å². The average molecular weight is 443 g/mol. The Labute approximate surface area is 196 Å². The molecule has 0 aliphatic rings. The third-order valence-corrected chi connectivity index (χ3v) is 5.09. The summed E-state index contributed by atoms with van der Waals surface area (Å²) in [5, 5.41) is 2.35. The molecule has 0 N–H and O–H groups in total. The summed E-state index contributed by atoms with van der Waals surface area (Å²) in [7, 11) is 0. The lowest BCUT2D eigenvalue weighted by atomic mass is 10.0. The Morgan fingerprint density at radius 2 is 1.73 bits per heavy atom. The van der Waals surface area contributed by atoms with Crippen LogP contribution in [0.15, 0.2) is 78.4 Å². The van der Waals surface area contributed by atoms with Gasteiger partial charge in [0.1, 0.15) is 12.4 Å². The number of fused-ring (bicyclic) bond motifs is 1. The molecule has 0 radical (unpaired) electrons. The zero-order valence-corrected chi connectivity index (χ0v) is 19.5. The molecule has 4 heteroatoms. The van der Waals surface area contributed by atoms with Crippen LogP contribution in [0, 0.1) is 11.8 Å². The zero-order valence-electron chi connectivity index (χ0n) is 19.5. The topological polar surface area (TPSA) is 44.8 Å². The van der Waals surface area contributed by atoms with Gasteiger partial charge in [0.15, 0.2) is 6.10 Å². The molecule has 0 aliphatic carbocycles. The van der Waals surface area contributed by atoms with E-state index in [9.17, 15) is 4.79 Å². The van der Waals surface area contributed by atoms with Gasteiger partial charge in [0.05, 0.1) is 6.61 Å². The number of esters is 1. The molecule has 33 heavy (non-hydrogen) atoms. The van der Waals surface area contributed by atoms with Gasteiger partial charge >= 0.3 is 5.97 Å². The molecule has 0 amide bonds. The maximum Gasteiger partial charge on any atom is 0.335 e. The van der Waals surface area contributed by atoms with E-state index < -0.39 is 6.10 Å². The van der Waals surface area contributed by atoms with Crippen molar-refractivity contribution in [2.24, 2.45) is 0 Å². The quantitative estimate of drug-likeness (QED) is 0.314. The Morgan fingerprint density at radius 3 is 2.48 bits per heavy atom. The predicted octanol–water partition coefficient (Wildman–Crippen LogP) is 5.73. The SMILES string of the molecule is CCOC(=O)[C@H](Cc1ccc(OC/C=C(/C)C#Cc2cccc3ccccc23)cc1)OCC. The molecule has 0 saturated carbocycles. The summed E-state index contributed by atoms with van der Waals surface area (Å²) < 4.78 is 16.5. The Bertz CT molecular complexity index is 1140. The molecule has 0 fully saturated rings. The van der Waals surface area contributed by atoms with Crippen LogP contribution in [0.2, 0.25) is 0 Å². The number of rotatable bonds is 9. The number of carbonyl (C=O) groups excluding carboxylic acids is 1. The molecular weight excluding hydrogens is 412 g/mol. The first-order valence-corrected chi connectivity index (χ1v) is 11.3. The minimum Gasteiger partial charge on any atom is -0.490 e. The van der Waals surface area contributed by atoms with Gasteiger partial charge in [-0.3, -0.25) is 0 Å². The number of allylic oxidation sites excluding steroid dienone is 1. The summed E-state index contributed by atoms with van der Waals surface area (Å²) in [5.74, 6) is 6.91. The monoisotopic (exact) mass is 442 g/mol. The number of ether oxygens (including phenoxy) is 3. The summed E-state index contributed by atoms with van der Waals surface area (Å²) in [6.45, 7) is 6.87. The summed E-state index contributed by atoms with van der Waals surface area (Å²) in [4.78, 5) is 12.0. The van der Waals surface area contributed by atoms with Crippen molar-refractivity contribution >= 4 is 16.7 Å². The van der Waals surface area contributed by atoms with Crippen LogP contribution in [-0.2, 0) is 20.7 Å². The fourth-order valence-electron chi connectivity index (χ4n) is 3.40. The van der Waals surface area contributed by atoms with Crippen molar-refractivity contribution in [1.29, 1.82) is 0 Å². The van der Waals surface area contributed by atoms with Gasteiger partial charge in [-0.25, -0.2) is 4.79 Å². The van der Waals surface area contributed by atoms with Crippen molar-refractivity contribution in [2.75, 3.05) is 19.8 Å². The second-order valence-corrected chi connectivity index (χ2v) is 7.52. The molecule has 0 aliphatic heterocycles. The van der Waals surface area contributed by atoms with E-state index >= 15 is 0 Å². The van der Waals surface area contributed by atoms with Gasteiger partial charge in [-0.2, -0.15) is 0 Å². The Morgan fingerprint density at radius 1 is 0.970 bits per heavy atom. The van der Waals surface area contributed by atoms with Crippen molar-refractivity contribution in [3.8, 4) is 17.6 Å². The maximum atomic E-state index is 12.0. The van der Waals surface area contributed by atoms with E-state index in [-0.39, 0.29) is 5.97 Å². The zero-order chi connectivity index (χ0) is 23.5. The minimum absolute atomic E-state index is 0.329. The first-order valence-electron chi connectivity index (χ1n) is 11.3. The van der Waals surface area contributed by atoms with Crippen LogP contribution >= 0.6 is 0 Å². The van der Waals surface area contributed by atoms with Crippen LogP contribution in [0.1, 0.15) is 31.9 Å². The smallest absolute Gasteiger partial charge is 0.335 e. The van der Waals surface area contributed by atoms with Crippen molar-refractivity contribution in [3.05, 3.63) is 89.5 Å². The largest absolute Gasteiger partial charge is 0.490 e. The molecule has 4 nitrogen and oxygen atoms in total. The number of hydrogen-bond donors (Lipinski definition) is 0. The second kappa shape index (κ2) is 12.5. The molecule has 0 spiro atoms. The van der Waals surface area contributed by atoms with Gasteiger partial charge in [0.25, 0.3) is 0 Å². The van der Waals surface area contributed by atoms with E-state index in [4.69, 9.17) is 14.2 Å². The van der Waals surface area contributed by atoms with Crippen LogP contribution < -0.4 is 4.74 Å². The molecule has 3 aromatic carbocycles. The summed E-state index contributed by atoms with van der Waals surface area (Å²) >= 11 is 0. The van der Waals surface area contributed by atoms with Gasteiger partial charge in [0, 0.05) is 18.6 Å². The van der Waals surface area contributed by atoms with Crippen LogP contribution in [0.3, 0.4) is 0 Å². The lowest BCUT2D eigenvalue weighted by Crippen LogP contribution is -2.28.